The molecule has 1 atom stereocenters. The molecular weight excluding hydrogens is 390 g/mol. The molecule has 7 nitrogen and oxygen atoms in total. The second kappa shape index (κ2) is 9.73. The summed E-state index contributed by atoms with van der Waals surface area (Å²) in [6, 6.07) is 14.7. The van der Waals surface area contributed by atoms with Gasteiger partial charge in [-0.2, -0.15) is 10.2 Å². The first kappa shape index (κ1) is 21.0. The van der Waals surface area contributed by atoms with E-state index in [2.05, 4.69) is 64.4 Å². The molecule has 0 unspecified atom stereocenters. The molecule has 2 aromatic heterocycles. The highest BCUT2D eigenvalue weighted by Gasteiger charge is 2.24. The quantitative estimate of drug-likeness (QED) is 0.616. The summed E-state index contributed by atoms with van der Waals surface area (Å²) in [7, 11) is 0. The summed E-state index contributed by atoms with van der Waals surface area (Å²) in [5.41, 5.74) is 3.53. The zero-order valence-electron chi connectivity index (χ0n) is 17.9. The fourth-order valence-corrected chi connectivity index (χ4v) is 3.77. The minimum atomic E-state index is 0.128. The summed E-state index contributed by atoms with van der Waals surface area (Å²) >= 11 is 0. The van der Waals surface area contributed by atoms with Crippen molar-refractivity contribution in [1.29, 1.82) is 5.26 Å². The summed E-state index contributed by atoms with van der Waals surface area (Å²) in [4.78, 5) is 10.8. The van der Waals surface area contributed by atoms with Crippen LogP contribution in [0, 0.1) is 11.3 Å². The number of benzene rings is 1. The first-order valence-electron chi connectivity index (χ1n) is 10.6. The number of ether oxygens (including phenoxy) is 1. The summed E-state index contributed by atoms with van der Waals surface area (Å²) in [5.74, 6) is 1.27. The van der Waals surface area contributed by atoms with E-state index in [4.69, 9.17) is 9.15 Å². The second-order valence-electron chi connectivity index (χ2n) is 7.92. The molecule has 7 heteroatoms. The van der Waals surface area contributed by atoms with Crippen molar-refractivity contribution in [3.8, 4) is 17.5 Å². The highest BCUT2D eigenvalue weighted by Crippen LogP contribution is 2.28. The Morgan fingerprint density at radius 3 is 2.52 bits per heavy atom. The maximum atomic E-state index is 9.54. The van der Waals surface area contributed by atoms with Crippen LogP contribution in [0.25, 0.3) is 11.5 Å². The van der Waals surface area contributed by atoms with Crippen LogP contribution in [0.15, 0.2) is 53.2 Å². The lowest BCUT2D eigenvalue weighted by molar-refractivity contribution is 0.0186. The Balaban J connectivity index is 1.56. The molecule has 1 aliphatic rings. The average Bonchev–Trinajstić information content (AvgIpc) is 3.24. The maximum Gasteiger partial charge on any atom is 0.232 e. The van der Waals surface area contributed by atoms with Crippen molar-refractivity contribution in [2.75, 3.05) is 38.2 Å². The van der Waals surface area contributed by atoms with Crippen LogP contribution in [0.2, 0.25) is 0 Å². The molecule has 1 N–H and O–H groups in total. The van der Waals surface area contributed by atoms with Crippen LogP contribution < -0.4 is 5.32 Å². The molecule has 0 bridgehead atoms. The van der Waals surface area contributed by atoms with Crippen LogP contribution in [-0.4, -0.2) is 47.7 Å². The highest BCUT2D eigenvalue weighted by atomic mass is 16.5. The van der Waals surface area contributed by atoms with Crippen LogP contribution in [0.3, 0.4) is 0 Å². The summed E-state index contributed by atoms with van der Waals surface area (Å²) in [6.45, 7) is 8.15. The van der Waals surface area contributed by atoms with Crippen LogP contribution in [0.4, 0.5) is 5.88 Å². The second-order valence-corrected chi connectivity index (χ2v) is 7.92. The van der Waals surface area contributed by atoms with E-state index < -0.39 is 0 Å². The van der Waals surface area contributed by atoms with Crippen LogP contribution in [-0.2, 0) is 4.74 Å². The van der Waals surface area contributed by atoms with Gasteiger partial charge in [0.2, 0.25) is 17.5 Å². The fourth-order valence-electron chi connectivity index (χ4n) is 3.77. The van der Waals surface area contributed by atoms with E-state index in [1.54, 1.807) is 12.4 Å². The molecule has 3 aromatic rings. The molecule has 1 aliphatic heterocycles. The molecule has 0 aliphatic carbocycles. The van der Waals surface area contributed by atoms with Gasteiger partial charge >= 0.3 is 0 Å². The van der Waals surface area contributed by atoms with Gasteiger partial charge in [-0.15, -0.1) is 0 Å². The van der Waals surface area contributed by atoms with E-state index in [0.717, 1.165) is 31.9 Å². The summed E-state index contributed by atoms with van der Waals surface area (Å²) in [6.07, 6.45) is 3.36. The van der Waals surface area contributed by atoms with Gasteiger partial charge in [0.25, 0.3) is 0 Å². The molecular formula is C24H27N5O2. The Morgan fingerprint density at radius 2 is 1.87 bits per heavy atom. The number of rotatable bonds is 7. The van der Waals surface area contributed by atoms with Crippen molar-refractivity contribution in [3.05, 3.63) is 65.6 Å². The number of nitriles is 1. The number of pyridine rings is 1. The molecule has 160 valence electrons. The monoisotopic (exact) mass is 417 g/mol. The van der Waals surface area contributed by atoms with Crippen molar-refractivity contribution >= 4 is 5.88 Å². The minimum absolute atomic E-state index is 0.128. The summed E-state index contributed by atoms with van der Waals surface area (Å²) in [5, 5.41) is 12.9. The highest BCUT2D eigenvalue weighted by molar-refractivity contribution is 5.57. The summed E-state index contributed by atoms with van der Waals surface area (Å²) < 4.78 is 11.4. The van der Waals surface area contributed by atoms with Crippen LogP contribution in [0.5, 0.6) is 0 Å². The van der Waals surface area contributed by atoms with Crippen LogP contribution >= 0.6 is 0 Å². The number of oxazole rings is 1. The topological polar surface area (TPSA) is 87.2 Å². The largest absolute Gasteiger partial charge is 0.419 e. The fraction of sp³-hybridized carbons (Fsp3) is 0.375. The zero-order chi connectivity index (χ0) is 21.6. The first-order valence-corrected chi connectivity index (χ1v) is 10.6. The molecule has 0 spiro atoms. The zero-order valence-corrected chi connectivity index (χ0v) is 17.9. The SMILES string of the molecule is CC(C)c1ccc([C@H](CNc2oc(-c3cccnc3)nc2C#N)N2CCOCC2)cc1. The lowest BCUT2D eigenvalue weighted by Gasteiger charge is -2.35. The van der Waals surface area contributed by atoms with Crippen molar-refractivity contribution in [2.45, 2.75) is 25.8 Å². The van der Waals surface area contributed by atoms with E-state index in [0.29, 0.717) is 24.2 Å². The van der Waals surface area contributed by atoms with E-state index >= 15 is 0 Å². The third-order valence-electron chi connectivity index (χ3n) is 5.57. The third-order valence-corrected chi connectivity index (χ3v) is 5.57. The van der Waals surface area contributed by atoms with Gasteiger partial charge in [0.05, 0.1) is 24.8 Å². The van der Waals surface area contributed by atoms with Crippen molar-refractivity contribution in [1.82, 2.24) is 14.9 Å². The normalized spacial score (nSPS) is 15.5. The molecule has 1 fully saturated rings. The van der Waals surface area contributed by atoms with Crippen molar-refractivity contribution < 1.29 is 9.15 Å². The maximum absolute atomic E-state index is 9.54. The number of morpholine rings is 1. The predicted octanol–water partition coefficient (Wildman–Crippen LogP) is 4.22. The van der Waals surface area contributed by atoms with Gasteiger partial charge in [0, 0.05) is 32.0 Å². The Bertz CT molecular complexity index is 1020. The minimum Gasteiger partial charge on any atom is -0.419 e. The van der Waals surface area contributed by atoms with Gasteiger partial charge in [0.1, 0.15) is 6.07 Å². The Hall–Kier alpha value is -3.21. The van der Waals surface area contributed by atoms with E-state index in [-0.39, 0.29) is 11.7 Å². The number of aromatic nitrogens is 2. The number of hydrogen-bond donors (Lipinski definition) is 1. The Kier molecular flexibility index (Phi) is 6.60. The molecule has 31 heavy (non-hydrogen) atoms. The molecule has 1 aromatic carbocycles. The Morgan fingerprint density at radius 1 is 1.13 bits per heavy atom. The molecule has 3 heterocycles. The average molecular weight is 418 g/mol. The Labute approximate surface area is 182 Å². The van der Waals surface area contributed by atoms with E-state index in [1.807, 2.05) is 12.1 Å². The number of nitrogens with zero attached hydrogens (tertiary/aromatic N) is 4. The van der Waals surface area contributed by atoms with E-state index in [1.165, 1.54) is 11.1 Å². The van der Waals surface area contributed by atoms with Gasteiger partial charge in [-0.05, 0) is 29.2 Å². The lowest BCUT2D eigenvalue weighted by atomic mass is 9.98. The molecule has 0 radical (unpaired) electrons. The van der Waals surface area contributed by atoms with Gasteiger partial charge in [-0.3, -0.25) is 9.88 Å². The standard InChI is InChI=1S/C24H27N5O2/c1-17(2)18-5-7-19(8-6-18)22(29-10-12-30-13-11-29)16-27-24-21(14-25)28-23(31-24)20-4-3-9-26-15-20/h3-9,15,17,22,27H,10-13,16H2,1-2H3/t22-/m0/s1. The number of hydrogen-bond acceptors (Lipinski definition) is 7. The van der Waals surface area contributed by atoms with Gasteiger partial charge in [-0.25, -0.2) is 0 Å². The first-order chi connectivity index (χ1) is 15.2. The third kappa shape index (κ3) is 4.93. The number of anilines is 1. The molecule has 1 saturated heterocycles. The van der Waals surface area contributed by atoms with Gasteiger partial charge < -0.3 is 14.5 Å². The van der Waals surface area contributed by atoms with Gasteiger partial charge in [0.15, 0.2) is 0 Å². The van der Waals surface area contributed by atoms with Crippen molar-refractivity contribution in [3.63, 3.8) is 0 Å². The van der Waals surface area contributed by atoms with Crippen LogP contribution in [0.1, 0.15) is 42.6 Å². The predicted molar refractivity (Wildman–Crippen MR) is 119 cm³/mol. The van der Waals surface area contributed by atoms with Gasteiger partial charge in [-0.1, -0.05) is 38.1 Å². The van der Waals surface area contributed by atoms with E-state index in [9.17, 15) is 5.26 Å². The van der Waals surface area contributed by atoms with Crippen molar-refractivity contribution in [2.24, 2.45) is 0 Å². The molecule has 0 amide bonds. The lowest BCUT2D eigenvalue weighted by Crippen LogP contribution is -2.41. The smallest absolute Gasteiger partial charge is 0.232 e. The molecule has 0 saturated carbocycles. The number of nitrogens with one attached hydrogen (secondary N) is 1. The molecule has 4 rings (SSSR count).